The Kier molecular flexibility index (Phi) is 4.84. The minimum atomic E-state index is 0.183. The Balaban J connectivity index is 2.48. The van der Waals surface area contributed by atoms with Crippen molar-refractivity contribution in [3.05, 3.63) is 0 Å². The summed E-state index contributed by atoms with van der Waals surface area (Å²) in [5, 5.41) is 11.7. The summed E-state index contributed by atoms with van der Waals surface area (Å²) in [6.07, 6.45) is 2.10. The van der Waals surface area contributed by atoms with Crippen LogP contribution in [-0.2, 0) is 4.74 Å². The molecule has 0 saturated carbocycles. The van der Waals surface area contributed by atoms with Crippen LogP contribution >= 0.6 is 0 Å². The molecule has 3 N–H and O–H groups in total. The maximum atomic E-state index is 8.64. The molecule has 1 saturated heterocycles. The second-order valence-electron chi connectivity index (χ2n) is 4.16. The van der Waals surface area contributed by atoms with Crippen molar-refractivity contribution in [2.75, 3.05) is 26.8 Å². The standard InChI is InChI=1S/C10H21N3O2/c1-8(7-15-2)13-5-3-4-9(6-13)10(11)12-14/h8-9,14H,3-7H2,1-2H3,(H2,11,12). The number of oxime groups is 1. The number of likely N-dealkylation sites (tertiary alicyclic amines) is 1. The molecule has 0 aliphatic carbocycles. The zero-order valence-electron chi connectivity index (χ0n) is 9.52. The molecule has 0 aromatic heterocycles. The molecule has 2 unspecified atom stereocenters. The number of amidine groups is 1. The SMILES string of the molecule is COCC(C)N1CCCC(C(N)=NO)C1. The maximum absolute atomic E-state index is 8.64. The van der Waals surface area contributed by atoms with Crippen LogP contribution in [0.3, 0.4) is 0 Å². The summed E-state index contributed by atoms with van der Waals surface area (Å²) < 4.78 is 5.13. The lowest BCUT2D eigenvalue weighted by atomic mass is 9.96. The molecule has 5 nitrogen and oxygen atoms in total. The molecule has 1 aliphatic heterocycles. The van der Waals surface area contributed by atoms with Gasteiger partial charge in [0.2, 0.25) is 0 Å². The average molecular weight is 215 g/mol. The summed E-state index contributed by atoms with van der Waals surface area (Å²) in [4.78, 5) is 2.33. The lowest BCUT2D eigenvalue weighted by Gasteiger charge is -2.35. The summed E-state index contributed by atoms with van der Waals surface area (Å²) in [6.45, 7) is 4.79. The van der Waals surface area contributed by atoms with E-state index in [0.29, 0.717) is 11.9 Å². The summed E-state index contributed by atoms with van der Waals surface area (Å²) >= 11 is 0. The van der Waals surface area contributed by atoms with E-state index in [9.17, 15) is 0 Å². The molecule has 0 radical (unpaired) electrons. The summed E-state index contributed by atoms with van der Waals surface area (Å²) in [5.41, 5.74) is 5.63. The van der Waals surface area contributed by atoms with Crippen LogP contribution < -0.4 is 5.73 Å². The van der Waals surface area contributed by atoms with Gasteiger partial charge >= 0.3 is 0 Å². The number of piperidine rings is 1. The average Bonchev–Trinajstić information content (AvgIpc) is 2.28. The molecular weight excluding hydrogens is 194 g/mol. The third kappa shape index (κ3) is 3.35. The highest BCUT2D eigenvalue weighted by atomic mass is 16.5. The molecule has 1 rings (SSSR count). The van der Waals surface area contributed by atoms with Crippen LogP contribution in [0.15, 0.2) is 5.16 Å². The molecule has 1 heterocycles. The fourth-order valence-corrected chi connectivity index (χ4v) is 2.08. The van der Waals surface area contributed by atoms with Crippen LogP contribution in [0, 0.1) is 5.92 Å². The zero-order valence-corrected chi connectivity index (χ0v) is 9.52. The third-order valence-corrected chi connectivity index (χ3v) is 3.02. The first kappa shape index (κ1) is 12.3. The Labute approximate surface area is 90.9 Å². The number of hydrogen-bond acceptors (Lipinski definition) is 4. The molecule has 1 fully saturated rings. The van der Waals surface area contributed by atoms with E-state index < -0.39 is 0 Å². The van der Waals surface area contributed by atoms with E-state index in [4.69, 9.17) is 15.7 Å². The van der Waals surface area contributed by atoms with Gasteiger partial charge in [-0.05, 0) is 26.3 Å². The monoisotopic (exact) mass is 215 g/mol. The predicted octanol–water partition coefficient (Wildman–Crippen LogP) is 0.480. The first-order valence-corrected chi connectivity index (χ1v) is 5.39. The highest BCUT2D eigenvalue weighted by Gasteiger charge is 2.25. The van der Waals surface area contributed by atoms with Crippen molar-refractivity contribution in [3.8, 4) is 0 Å². The zero-order chi connectivity index (χ0) is 11.3. The van der Waals surface area contributed by atoms with Gasteiger partial charge in [-0.15, -0.1) is 0 Å². The van der Waals surface area contributed by atoms with E-state index in [1.807, 2.05) is 0 Å². The van der Waals surface area contributed by atoms with Crippen LogP contribution in [0.2, 0.25) is 0 Å². The predicted molar refractivity (Wildman–Crippen MR) is 59.0 cm³/mol. The molecule has 0 amide bonds. The molecule has 0 spiro atoms. The van der Waals surface area contributed by atoms with Crippen LogP contribution in [0.5, 0.6) is 0 Å². The topological polar surface area (TPSA) is 71.1 Å². The maximum Gasteiger partial charge on any atom is 0.143 e. The largest absolute Gasteiger partial charge is 0.409 e. The highest BCUT2D eigenvalue weighted by molar-refractivity contribution is 5.82. The minimum Gasteiger partial charge on any atom is -0.409 e. The van der Waals surface area contributed by atoms with Crippen molar-refractivity contribution < 1.29 is 9.94 Å². The van der Waals surface area contributed by atoms with Crippen molar-refractivity contribution >= 4 is 5.84 Å². The number of rotatable bonds is 4. The van der Waals surface area contributed by atoms with Crippen LogP contribution in [0.25, 0.3) is 0 Å². The molecule has 0 bridgehead atoms. The van der Waals surface area contributed by atoms with Crippen LogP contribution in [-0.4, -0.2) is 48.8 Å². The molecular formula is C10H21N3O2. The van der Waals surface area contributed by atoms with E-state index in [1.165, 1.54) is 0 Å². The molecule has 0 aromatic carbocycles. The number of hydrogen-bond donors (Lipinski definition) is 2. The van der Waals surface area contributed by atoms with Crippen LogP contribution in [0.4, 0.5) is 0 Å². The van der Waals surface area contributed by atoms with E-state index in [1.54, 1.807) is 7.11 Å². The van der Waals surface area contributed by atoms with Gasteiger partial charge in [0.1, 0.15) is 5.84 Å². The van der Waals surface area contributed by atoms with Crippen molar-refractivity contribution in [2.24, 2.45) is 16.8 Å². The van der Waals surface area contributed by atoms with Gasteiger partial charge in [-0.2, -0.15) is 0 Å². The Morgan fingerprint density at radius 1 is 1.73 bits per heavy atom. The Morgan fingerprint density at radius 3 is 3.07 bits per heavy atom. The second-order valence-corrected chi connectivity index (χ2v) is 4.16. The van der Waals surface area contributed by atoms with Crippen molar-refractivity contribution in [1.82, 2.24) is 4.90 Å². The normalized spacial score (nSPS) is 26.5. The first-order valence-electron chi connectivity index (χ1n) is 5.39. The second kappa shape index (κ2) is 5.92. The minimum absolute atomic E-state index is 0.183. The highest BCUT2D eigenvalue weighted by Crippen LogP contribution is 2.18. The molecule has 2 atom stereocenters. The Hall–Kier alpha value is -0.810. The summed E-state index contributed by atoms with van der Waals surface area (Å²) in [5.74, 6) is 0.535. The van der Waals surface area contributed by atoms with Crippen molar-refractivity contribution in [2.45, 2.75) is 25.8 Å². The quantitative estimate of drug-likeness (QED) is 0.310. The third-order valence-electron chi connectivity index (χ3n) is 3.02. The fraction of sp³-hybridized carbons (Fsp3) is 0.900. The van der Waals surface area contributed by atoms with E-state index >= 15 is 0 Å². The van der Waals surface area contributed by atoms with Crippen molar-refractivity contribution in [1.29, 1.82) is 0 Å². The van der Waals surface area contributed by atoms with E-state index in [2.05, 4.69) is 17.0 Å². The lowest BCUT2D eigenvalue weighted by molar-refractivity contribution is 0.0777. The van der Waals surface area contributed by atoms with Gasteiger partial charge in [0.15, 0.2) is 0 Å². The van der Waals surface area contributed by atoms with Crippen molar-refractivity contribution in [3.63, 3.8) is 0 Å². The molecule has 15 heavy (non-hydrogen) atoms. The van der Waals surface area contributed by atoms with Gasteiger partial charge < -0.3 is 15.7 Å². The van der Waals surface area contributed by atoms with Gasteiger partial charge in [-0.1, -0.05) is 5.16 Å². The molecule has 88 valence electrons. The fourth-order valence-electron chi connectivity index (χ4n) is 2.08. The number of nitrogens with zero attached hydrogens (tertiary/aromatic N) is 2. The molecule has 5 heteroatoms. The van der Waals surface area contributed by atoms with E-state index in [0.717, 1.165) is 32.5 Å². The number of methoxy groups -OCH3 is 1. The van der Waals surface area contributed by atoms with Gasteiger partial charge in [-0.3, -0.25) is 4.90 Å². The Bertz CT molecular complexity index is 221. The van der Waals surface area contributed by atoms with Gasteiger partial charge in [0, 0.05) is 25.6 Å². The van der Waals surface area contributed by atoms with Crippen LogP contribution in [0.1, 0.15) is 19.8 Å². The molecule has 1 aliphatic rings. The Morgan fingerprint density at radius 2 is 2.47 bits per heavy atom. The molecule has 0 aromatic rings. The van der Waals surface area contributed by atoms with Gasteiger partial charge in [-0.25, -0.2) is 0 Å². The van der Waals surface area contributed by atoms with Gasteiger partial charge in [0.25, 0.3) is 0 Å². The number of nitrogens with two attached hydrogens (primary N) is 1. The number of ether oxygens (including phenoxy) is 1. The summed E-state index contributed by atoms with van der Waals surface area (Å²) in [6, 6.07) is 0.393. The lowest BCUT2D eigenvalue weighted by Crippen LogP contribution is -2.46. The summed E-state index contributed by atoms with van der Waals surface area (Å²) in [7, 11) is 1.71. The smallest absolute Gasteiger partial charge is 0.143 e. The first-order chi connectivity index (χ1) is 7.19. The van der Waals surface area contributed by atoms with Gasteiger partial charge in [0.05, 0.1) is 6.61 Å². The van der Waals surface area contributed by atoms with E-state index in [-0.39, 0.29) is 5.92 Å².